The summed E-state index contributed by atoms with van der Waals surface area (Å²) in [6.07, 6.45) is 0. The minimum Gasteiger partial charge on any atom is -0.418 e. The van der Waals surface area contributed by atoms with E-state index >= 15 is 0 Å². The predicted octanol–water partition coefficient (Wildman–Crippen LogP) is 5.30. The molecule has 0 saturated carbocycles. The maximum absolute atomic E-state index is 13.9. The van der Waals surface area contributed by atoms with E-state index in [-0.39, 0.29) is 28.7 Å². The van der Waals surface area contributed by atoms with Crippen molar-refractivity contribution >= 4 is 17.3 Å². The highest BCUT2D eigenvalue weighted by Crippen LogP contribution is 2.60. The lowest BCUT2D eigenvalue weighted by molar-refractivity contribution is -0.384. The number of ether oxygens (including phenoxy) is 1. The highest BCUT2D eigenvalue weighted by molar-refractivity contribution is 6.13. The Bertz CT molecular complexity index is 1690. The quantitative estimate of drug-likeness (QED) is 0.273. The van der Waals surface area contributed by atoms with Crippen molar-refractivity contribution in [3.63, 3.8) is 0 Å². The van der Waals surface area contributed by atoms with Gasteiger partial charge < -0.3 is 19.1 Å². The second kappa shape index (κ2) is 7.12. The zero-order chi connectivity index (χ0) is 24.4. The maximum Gasteiger partial charge on any atom is 0.322 e. The molecule has 0 saturated heterocycles. The minimum atomic E-state index is -1.69. The summed E-state index contributed by atoms with van der Waals surface area (Å²) in [5.41, 5.74) is 1.22. The summed E-state index contributed by atoms with van der Waals surface area (Å²) >= 11 is 0. The van der Waals surface area contributed by atoms with Crippen molar-refractivity contribution in [1.29, 1.82) is 0 Å². The summed E-state index contributed by atoms with van der Waals surface area (Å²) < 4.78 is 17.6. The number of hydrogen-bond donors (Lipinski definition) is 1. The minimum absolute atomic E-state index is 0.0174. The molecule has 2 aromatic heterocycles. The summed E-state index contributed by atoms with van der Waals surface area (Å²) in [6.45, 7) is 0. The molecule has 1 spiro atoms. The van der Waals surface area contributed by atoms with Gasteiger partial charge in [0.25, 0.3) is 5.69 Å². The SMILES string of the molecule is O=C1Nc2ccc([N+](=O)[O-])cc2C12c1onc(-c3ccccc3)c1Oc1onc(-c3ccccc3)c12. The van der Waals surface area contributed by atoms with E-state index in [4.69, 9.17) is 13.8 Å². The van der Waals surface area contributed by atoms with Gasteiger partial charge >= 0.3 is 5.95 Å². The van der Waals surface area contributed by atoms with Crippen LogP contribution in [0.2, 0.25) is 0 Å². The fourth-order valence-corrected chi connectivity index (χ4v) is 4.95. The van der Waals surface area contributed by atoms with Crippen molar-refractivity contribution < 1.29 is 23.5 Å². The molecule has 1 unspecified atom stereocenters. The smallest absolute Gasteiger partial charge is 0.322 e. The Hall–Kier alpha value is -5.25. The van der Waals surface area contributed by atoms with E-state index < -0.39 is 16.2 Å². The Labute approximate surface area is 202 Å². The van der Waals surface area contributed by atoms with E-state index in [1.54, 1.807) is 0 Å². The Balaban J connectivity index is 1.58. The lowest BCUT2D eigenvalue weighted by Crippen LogP contribution is -2.39. The molecule has 2 aliphatic heterocycles. The van der Waals surface area contributed by atoms with Gasteiger partial charge in [-0.1, -0.05) is 71.0 Å². The average Bonchev–Trinajstić information content (AvgIpc) is 3.60. The van der Waals surface area contributed by atoms with Gasteiger partial charge in [0.2, 0.25) is 17.4 Å². The molecule has 1 amide bonds. The molecule has 7 rings (SSSR count). The van der Waals surface area contributed by atoms with Gasteiger partial charge in [-0.25, -0.2) is 0 Å². The molecule has 174 valence electrons. The molecule has 0 aliphatic carbocycles. The van der Waals surface area contributed by atoms with Crippen LogP contribution < -0.4 is 10.1 Å². The van der Waals surface area contributed by atoms with Crippen LogP contribution in [0.25, 0.3) is 22.5 Å². The van der Waals surface area contributed by atoms with E-state index in [0.29, 0.717) is 33.8 Å². The Morgan fingerprint density at radius 2 is 1.53 bits per heavy atom. The number of nitrogens with zero attached hydrogens (tertiary/aromatic N) is 3. The Morgan fingerprint density at radius 1 is 0.861 bits per heavy atom. The molecule has 10 nitrogen and oxygen atoms in total. The highest BCUT2D eigenvalue weighted by Gasteiger charge is 2.62. The first-order valence-electron chi connectivity index (χ1n) is 11.0. The molecule has 0 bridgehead atoms. The van der Waals surface area contributed by atoms with Crippen LogP contribution in [0, 0.1) is 10.1 Å². The molecule has 1 N–H and O–H groups in total. The van der Waals surface area contributed by atoms with Crippen molar-refractivity contribution in [1.82, 2.24) is 10.3 Å². The van der Waals surface area contributed by atoms with Crippen molar-refractivity contribution in [2.45, 2.75) is 5.41 Å². The van der Waals surface area contributed by atoms with Crippen molar-refractivity contribution in [3.05, 3.63) is 106 Å². The lowest BCUT2D eigenvalue weighted by Gasteiger charge is -2.28. The zero-order valence-electron chi connectivity index (χ0n) is 18.3. The van der Waals surface area contributed by atoms with E-state index in [2.05, 4.69) is 15.6 Å². The van der Waals surface area contributed by atoms with Gasteiger partial charge in [0, 0.05) is 34.5 Å². The number of rotatable bonds is 3. The number of carbonyl (C=O) groups excluding carboxylic acids is 1. The highest BCUT2D eigenvalue weighted by atomic mass is 16.6. The molecule has 10 heteroatoms. The second-order valence-electron chi connectivity index (χ2n) is 8.41. The Morgan fingerprint density at radius 3 is 2.22 bits per heavy atom. The first-order valence-corrected chi connectivity index (χ1v) is 11.0. The number of amides is 1. The van der Waals surface area contributed by atoms with Crippen LogP contribution in [0.5, 0.6) is 11.7 Å². The number of benzene rings is 3. The topological polar surface area (TPSA) is 134 Å². The third-order valence-corrected chi connectivity index (χ3v) is 6.52. The summed E-state index contributed by atoms with van der Waals surface area (Å²) in [5.74, 6) is -0.235. The molecular weight excluding hydrogens is 464 g/mol. The van der Waals surface area contributed by atoms with Crippen LogP contribution in [-0.2, 0) is 10.2 Å². The molecule has 5 aromatic rings. The van der Waals surface area contributed by atoms with Gasteiger partial charge in [-0.2, -0.15) is 0 Å². The normalized spacial score (nSPS) is 17.2. The number of carbonyl (C=O) groups is 1. The summed E-state index contributed by atoms with van der Waals surface area (Å²) in [4.78, 5) is 25.1. The fourth-order valence-electron chi connectivity index (χ4n) is 4.95. The van der Waals surface area contributed by atoms with E-state index in [0.717, 1.165) is 0 Å². The van der Waals surface area contributed by atoms with Crippen LogP contribution in [-0.4, -0.2) is 21.1 Å². The molecule has 2 aliphatic rings. The van der Waals surface area contributed by atoms with Gasteiger partial charge in [-0.05, 0) is 6.07 Å². The number of non-ortho nitro benzene ring substituents is 1. The van der Waals surface area contributed by atoms with Gasteiger partial charge in [0.05, 0.1) is 10.5 Å². The Kier molecular flexibility index (Phi) is 3.99. The number of nitrogens with one attached hydrogen (secondary N) is 1. The van der Waals surface area contributed by atoms with Gasteiger partial charge in [-0.15, -0.1) is 0 Å². The number of fused-ring (bicyclic) bond motifs is 6. The average molecular weight is 478 g/mol. The summed E-state index contributed by atoms with van der Waals surface area (Å²) in [5, 5.41) is 23.0. The molecule has 4 heterocycles. The summed E-state index contributed by atoms with van der Waals surface area (Å²) in [6, 6.07) is 22.5. The van der Waals surface area contributed by atoms with Crippen LogP contribution in [0.4, 0.5) is 11.4 Å². The maximum atomic E-state index is 13.9. The largest absolute Gasteiger partial charge is 0.418 e. The van der Waals surface area contributed by atoms with Crippen LogP contribution in [0.3, 0.4) is 0 Å². The standard InChI is InChI=1S/C26H14N4O6/c31-25-26(17-13-16(30(32)33)11-12-18(17)27-25)19-20(14-7-3-1-4-8-14)28-36-24(19)34-22-21(29-35-23(22)26)15-9-5-2-6-10-15/h1-13H,(H,27,31). The third-order valence-electron chi connectivity index (χ3n) is 6.52. The van der Waals surface area contributed by atoms with Crippen molar-refractivity contribution in [2.75, 3.05) is 5.32 Å². The predicted molar refractivity (Wildman–Crippen MR) is 126 cm³/mol. The fraction of sp³-hybridized carbons (Fsp3) is 0.0385. The van der Waals surface area contributed by atoms with Gasteiger partial charge in [0.1, 0.15) is 5.69 Å². The summed E-state index contributed by atoms with van der Waals surface area (Å²) in [7, 11) is 0. The van der Waals surface area contributed by atoms with Crippen LogP contribution >= 0.6 is 0 Å². The van der Waals surface area contributed by atoms with Crippen LogP contribution in [0.1, 0.15) is 16.9 Å². The first-order chi connectivity index (χ1) is 17.6. The second-order valence-corrected chi connectivity index (χ2v) is 8.41. The number of nitro benzene ring substituents is 1. The number of anilines is 1. The lowest BCUT2D eigenvalue weighted by atomic mass is 9.71. The molecule has 0 fully saturated rings. The first kappa shape index (κ1) is 20.2. The number of hydrogen-bond acceptors (Lipinski definition) is 8. The van der Waals surface area contributed by atoms with E-state index in [1.807, 2.05) is 60.7 Å². The van der Waals surface area contributed by atoms with Crippen molar-refractivity contribution in [3.8, 4) is 34.2 Å². The van der Waals surface area contributed by atoms with E-state index in [9.17, 15) is 14.9 Å². The van der Waals surface area contributed by atoms with Crippen LogP contribution in [0.15, 0.2) is 87.9 Å². The third kappa shape index (κ3) is 2.52. The molecule has 36 heavy (non-hydrogen) atoms. The zero-order valence-corrected chi connectivity index (χ0v) is 18.3. The molecule has 3 aromatic carbocycles. The van der Waals surface area contributed by atoms with Gasteiger partial charge in [-0.3, -0.25) is 14.9 Å². The van der Waals surface area contributed by atoms with E-state index in [1.165, 1.54) is 18.2 Å². The molecular formula is C26H14N4O6. The molecule has 0 radical (unpaired) electrons. The monoisotopic (exact) mass is 478 g/mol. The van der Waals surface area contributed by atoms with Gasteiger partial charge in [0.15, 0.2) is 11.1 Å². The molecule has 1 atom stereocenters. The number of nitro groups is 1. The number of aromatic nitrogens is 2. The van der Waals surface area contributed by atoms with Crippen molar-refractivity contribution in [2.24, 2.45) is 0 Å².